The van der Waals surface area contributed by atoms with Crippen LogP contribution in [0.5, 0.6) is 0 Å². The number of nitrogens with one attached hydrogen (secondary N) is 1. The largest absolute Gasteiger partial charge is 0.384 e. The van der Waals surface area contributed by atoms with E-state index in [0.717, 1.165) is 24.3 Å². The molecule has 0 bridgehead atoms. The van der Waals surface area contributed by atoms with E-state index < -0.39 is 0 Å². The van der Waals surface area contributed by atoms with Crippen molar-refractivity contribution < 1.29 is 0 Å². The third kappa shape index (κ3) is 3.18. The van der Waals surface area contributed by atoms with Gasteiger partial charge in [-0.05, 0) is 37.1 Å². The first-order valence-electron chi connectivity index (χ1n) is 6.85. The van der Waals surface area contributed by atoms with Crippen molar-refractivity contribution >= 4 is 11.5 Å². The molecule has 0 heterocycles. The summed E-state index contributed by atoms with van der Waals surface area (Å²) >= 11 is 0. The number of nitrogens with zero attached hydrogens (tertiary/aromatic N) is 1. The zero-order valence-electron chi connectivity index (χ0n) is 12.1. The van der Waals surface area contributed by atoms with Crippen molar-refractivity contribution in [1.29, 1.82) is 5.41 Å². The minimum atomic E-state index is 0.117. The third-order valence-electron chi connectivity index (χ3n) is 3.38. The molecule has 0 spiro atoms. The molecule has 3 N–H and O–H groups in total. The first-order valence-corrected chi connectivity index (χ1v) is 6.85. The zero-order valence-corrected chi connectivity index (χ0v) is 12.1. The SMILES string of the molecule is CCN(Cc1ccccc1)c1cc(C)ccc1C(=N)N. The van der Waals surface area contributed by atoms with E-state index in [0.29, 0.717) is 0 Å². The van der Waals surface area contributed by atoms with E-state index in [4.69, 9.17) is 11.1 Å². The highest BCUT2D eigenvalue weighted by Gasteiger charge is 2.12. The number of aryl methyl sites for hydroxylation is 1. The number of anilines is 1. The smallest absolute Gasteiger partial charge is 0.124 e. The maximum atomic E-state index is 7.75. The lowest BCUT2D eigenvalue weighted by molar-refractivity contribution is 0.830. The molecule has 3 nitrogen and oxygen atoms in total. The van der Waals surface area contributed by atoms with Crippen molar-refractivity contribution in [2.24, 2.45) is 5.73 Å². The summed E-state index contributed by atoms with van der Waals surface area (Å²) in [7, 11) is 0. The van der Waals surface area contributed by atoms with Crippen molar-refractivity contribution in [2.75, 3.05) is 11.4 Å². The van der Waals surface area contributed by atoms with Gasteiger partial charge >= 0.3 is 0 Å². The standard InChI is InChI=1S/C17H21N3/c1-3-20(12-14-7-5-4-6-8-14)16-11-13(2)9-10-15(16)17(18)19/h4-11H,3,12H2,1-2H3,(H3,18,19). The summed E-state index contributed by atoms with van der Waals surface area (Å²) in [5.74, 6) is 0.117. The lowest BCUT2D eigenvalue weighted by Gasteiger charge is -2.26. The number of nitrogens with two attached hydrogens (primary N) is 1. The molecule has 2 aromatic carbocycles. The molecule has 0 saturated heterocycles. The Morgan fingerprint density at radius 3 is 2.45 bits per heavy atom. The van der Waals surface area contributed by atoms with Crippen LogP contribution in [0.25, 0.3) is 0 Å². The van der Waals surface area contributed by atoms with E-state index in [9.17, 15) is 0 Å². The fourth-order valence-electron chi connectivity index (χ4n) is 2.30. The van der Waals surface area contributed by atoms with Gasteiger partial charge in [-0.15, -0.1) is 0 Å². The lowest BCUT2D eigenvalue weighted by atomic mass is 10.1. The summed E-state index contributed by atoms with van der Waals surface area (Å²) in [4.78, 5) is 2.25. The van der Waals surface area contributed by atoms with Crippen molar-refractivity contribution in [3.05, 3.63) is 65.2 Å². The number of rotatable bonds is 5. The van der Waals surface area contributed by atoms with Gasteiger partial charge in [-0.3, -0.25) is 5.41 Å². The average Bonchev–Trinajstić information content (AvgIpc) is 2.45. The van der Waals surface area contributed by atoms with Crippen LogP contribution in [-0.4, -0.2) is 12.4 Å². The Bertz CT molecular complexity index is 590. The molecular formula is C17H21N3. The van der Waals surface area contributed by atoms with Crippen LogP contribution in [-0.2, 0) is 6.54 Å². The van der Waals surface area contributed by atoms with Crippen LogP contribution < -0.4 is 10.6 Å². The fourth-order valence-corrected chi connectivity index (χ4v) is 2.30. The van der Waals surface area contributed by atoms with Gasteiger partial charge in [0.15, 0.2) is 0 Å². The predicted octanol–water partition coefficient (Wildman–Crippen LogP) is 3.31. The topological polar surface area (TPSA) is 53.1 Å². The summed E-state index contributed by atoms with van der Waals surface area (Å²) < 4.78 is 0. The molecule has 20 heavy (non-hydrogen) atoms. The zero-order chi connectivity index (χ0) is 14.5. The molecule has 3 heteroatoms. The predicted molar refractivity (Wildman–Crippen MR) is 85.4 cm³/mol. The van der Waals surface area contributed by atoms with Crippen LogP contribution in [0.1, 0.15) is 23.6 Å². The molecule has 0 saturated carbocycles. The highest BCUT2D eigenvalue weighted by Crippen LogP contribution is 2.23. The van der Waals surface area contributed by atoms with Crippen molar-refractivity contribution in [3.8, 4) is 0 Å². The summed E-state index contributed by atoms with van der Waals surface area (Å²) in [6.07, 6.45) is 0. The first kappa shape index (κ1) is 14.1. The van der Waals surface area contributed by atoms with Gasteiger partial charge in [-0.1, -0.05) is 36.4 Å². The second-order valence-corrected chi connectivity index (χ2v) is 4.93. The highest BCUT2D eigenvalue weighted by atomic mass is 15.1. The first-order chi connectivity index (χ1) is 9.61. The van der Waals surface area contributed by atoms with Gasteiger partial charge in [0.05, 0.1) is 0 Å². The normalized spacial score (nSPS) is 10.3. The molecule has 0 amide bonds. The molecule has 2 aromatic rings. The Labute approximate surface area is 120 Å². The van der Waals surface area contributed by atoms with Crippen LogP contribution in [0.15, 0.2) is 48.5 Å². The molecule has 0 atom stereocenters. The Balaban J connectivity index is 2.36. The molecule has 0 aliphatic heterocycles. The van der Waals surface area contributed by atoms with Crippen molar-refractivity contribution in [3.63, 3.8) is 0 Å². The number of hydrogen-bond acceptors (Lipinski definition) is 2. The Kier molecular flexibility index (Phi) is 4.41. The van der Waals surface area contributed by atoms with Gasteiger partial charge in [0, 0.05) is 24.3 Å². The van der Waals surface area contributed by atoms with Gasteiger partial charge < -0.3 is 10.6 Å². The van der Waals surface area contributed by atoms with Crippen molar-refractivity contribution in [1.82, 2.24) is 0 Å². The summed E-state index contributed by atoms with van der Waals surface area (Å²) in [6.45, 7) is 5.87. The van der Waals surface area contributed by atoms with Crippen LogP contribution in [0, 0.1) is 12.3 Å². The quantitative estimate of drug-likeness (QED) is 0.645. The number of benzene rings is 2. The van der Waals surface area contributed by atoms with Gasteiger partial charge in [0.25, 0.3) is 0 Å². The molecule has 2 rings (SSSR count). The van der Waals surface area contributed by atoms with Crippen LogP contribution in [0.2, 0.25) is 0 Å². The van der Waals surface area contributed by atoms with E-state index >= 15 is 0 Å². The molecule has 0 fully saturated rings. The van der Waals surface area contributed by atoms with E-state index in [1.54, 1.807) is 0 Å². The Morgan fingerprint density at radius 2 is 1.85 bits per heavy atom. The van der Waals surface area contributed by atoms with E-state index in [1.807, 2.05) is 30.3 Å². The Morgan fingerprint density at radius 1 is 1.15 bits per heavy atom. The summed E-state index contributed by atoms with van der Waals surface area (Å²) in [5, 5.41) is 7.75. The van der Waals surface area contributed by atoms with Gasteiger partial charge in [0.2, 0.25) is 0 Å². The minimum absolute atomic E-state index is 0.117. The molecule has 0 unspecified atom stereocenters. The fraction of sp³-hybridized carbons (Fsp3) is 0.235. The monoisotopic (exact) mass is 267 g/mol. The molecule has 0 radical (unpaired) electrons. The molecule has 0 aromatic heterocycles. The maximum absolute atomic E-state index is 7.75. The Hall–Kier alpha value is -2.29. The van der Waals surface area contributed by atoms with Gasteiger partial charge in [-0.25, -0.2) is 0 Å². The van der Waals surface area contributed by atoms with Crippen molar-refractivity contribution in [2.45, 2.75) is 20.4 Å². The highest BCUT2D eigenvalue weighted by molar-refractivity contribution is 6.00. The summed E-state index contributed by atoms with van der Waals surface area (Å²) in [6, 6.07) is 16.4. The maximum Gasteiger partial charge on any atom is 0.124 e. The van der Waals surface area contributed by atoms with E-state index in [2.05, 4.69) is 36.9 Å². The number of hydrogen-bond donors (Lipinski definition) is 2. The van der Waals surface area contributed by atoms with Gasteiger partial charge in [-0.2, -0.15) is 0 Å². The van der Waals surface area contributed by atoms with Crippen LogP contribution in [0.4, 0.5) is 5.69 Å². The second kappa shape index (κ2) is 6.24. The average molecular weight is 267 g/mol. The van der Waals surface area contributed by atoms with E-state index in [1.165, 1.54) is 11.1 Å². The molecule has 0 aliphatic rings. The van der Waals surface area contributed by atoms with Crippen LogP contribution in [0.3, 0.4) is 0 Å². The number of amidine groups is 1. The third-order valence-corrected chi connectivity index (χ3v) is 3.38. The van der Waals surface area contributed by atoms with Gasteiger partial charge in [0.1, 0.15) is 5.84 Å². The second-order valence-electron chi connectivity index (χ2n) is 4.93. The van der Waals surface area contributed by atoms with E-state index in [-0.39, 0.29) is 5.84 Å². The minimum Gasteiger partial charge on any atom is -0.384 e. The number of nitrogen functional groups attached to an aromatic ring is 1. The molecule has 104 valence electrons. The molecular weight excluding hydrogens is 246 g/mol. The lowest BCUT2D eigenvalue weighted by Crippen LogP contribution is -2.26. The molecule has 0 aliphatic carbocycles. The summed E-state index contributed by atoms with van der Waals surface area (Å²) in [5.41, 5.74) is 9.97. The van der Waals surface area contributed by atoms with Crippen LogP contribution >= 0.6 is 0 Å².